The molecule has 0 radical (unpaired) electrons. The van der Waals surface area contributed by atoms with Gasteiger partial charge in [-0.05, 0) is 62.3 Å². The maximum absolute atomic E-state index is 9.46. The zero-order valence-electron chi connectivity index (χ0n) is 18.6. The van der Waals surface area contributed by atoms with E-state index in [9.17, 15) is 5.26 Å². The summed E-state index contributed by atoms with van der Waals surface area (Å²) in [7, 11) is 0. The van der Waals surface area contributed by atoms with Crippen molar-refractivity contribution in [3.05, 3.63) is 53.1 Å². The van der Waals surface area contributed by atoms with Gasteiger partial charge in [0.05, 0.1) is 11.7 Å². The molecule has 7 heteroatoms. The lowest BCUT2D eigenvalue weighted by Gasteiger charge is -2.11. The van der Waals surface area contributed by atoms with Gasteiger partial charge in [0.15, 0.2) is 0 Å². The normalized spacial score (nSPS) is 14.5. The fourth-order valence-electron chi connectivity index (χ4n) is 3.69. The summed E-state index contributed by atoms with van der Waals surface area (Å²) in [4.78, 5) is 4.61. The maximum atomic E-state index is 9.46. The number of nitrogens with one attached hydrogen (secondary N) is 1. The second kappa shape index (κ2) is 10.5. The Morgan fingerprint density at radius 1 is 1.26 bits per heavy atom. The van der Waals surface area contributed by atoms with E-state index in [1.807, 2.05) is 52.1 Å². The number of benzene rings is 2. The second-order valence-electron chi connectivity index (χ2n) is 7.20. The third kappa shape index (κ3) is 4.92. The summed E-state index contributed by atoms with van der Waals surface area (Å²) >= 11 is 1.64. The molecular formula is C24H28N4O2S. The average Bonchev–Trinajstić information content (AvgIpc) is 3.43. The van der Waals surface area contributed by atoms with E-state index in [0.29, 0.717) is 34.6 Å². The third-order valence-electron chi connectivity index (χ3n) is 4.91. The van der Waals surface area contributed by atoms with Crippen LogP contribution in [0.4, 0.5) is 0 Å². The van der Waals surface area contributed by atoms with E-state index < -0.39 is 0 Å². The molecule has 1 aliphatic rings. The van der Waals surface area contributed by atoms with Crippen molar-refractivity contribution in [2.45, 2.75) is 52.7 Å². The summed E-state index contributed by atoms with van der Waals surface area (Å²) in [5.74, 6) is 1.52. The van der Waals surface area contributed by atoms with Gasteiger partial charge in [-0.15, -0.1) is 0 Å². The van der Waals surface area contributed by atoms with Gasteiger partial charge in [0.2, 0.25) is 5.82 Å². The van der Waals surface area contributed by atoms with E-state index in [0.717, 1.165) is 18.4 Å². The van der Waals surface area contributed by atoms with Crippen LogP contribution in [-0.2, 0) is 6.42 Å². The molecule has 1 aliphatic carbocycles. The monoisotopic (exact) mass is 436 g/mol. The van der Waals surface area contributed by atoms with Crippen LogP contribution in [0.1, 0.15) is 56.8 Å². The molecule has 0 fully saturated rings. The number of nitriles is 1. The minimum absolute atomic E-state index is 0.00689. The number of ether oxygens (including phenoxy) is 1. The van der Waals surface area contributed by atoms with Crippen molar-refractivity contribution < 1.29 is 9.26 Å². The molecule has 4 rings (SSSR count). The Labute approximate surface area is 188 Å². The van der Waals surface area contributed by atoms with Crippen molar-refractivity contribution in [3.8, 4) is 34.7 Å². The molecule has 1 N–H and O–H groups in total. The van der Waals surface area contributed by atoms with Crippen molar-refractivity contribution >= 4 is 11.9 Å². The largest absolute Gasteiger partial charge is 0.490 e. The number of hydrogen-bond acceptors (Lipinski definition) is 7. The fourth-order valence-corrected chi connectivity index (χ4v) is 4.22. The molecule has 6 nitrogen and oxygen atoms in total. The molecule has 0 spiro atoms. The van der Waals surface area contributed by atoms with E-state index in [4.69, 9.17) is 9.26 Å². The van der Waals surface area contributed by atoms with Crippen LogP contribution in [0.5, 0.6) is 5.75 Å². The van der Waals surface area contributed by atoms with Gasteiger partial charge in [-0.2, -0.15) is 10.2 Å². The fraction of sp³-hybridized carbons (Fsp3) is 0.375. The van der Waals surface area contributed by atoms with Crippen LogP contribution >= 0.6 is 11.9 Å². The zero-order chi connectivity index (χ0) is 22.4. The molecule has 2 aromatic carbocycles. The van der Waals surface area contributed by atoms with Gasteiger partial charge in [-0.3, -0.25) is 4.72 Å². The molecular weight excluding hydrogens is 408 g/mol. The maximum Gasteiger partial charge on any atom is 0.258 e. The first-order chi connectivity index (χ1) is 15.1. The predicted molar refractivity (Wildman–Crippen MR) is 125 cm³/mol. The highest BCUT2D eigenvalue weighted by Crippen LogP contribution is 2.38. The lowest BCUT2D eigenvalue weighted by molar-refractivity contribution is 0.241. The first-order valence-electron chi connectivity index (χ1n) is 10.6. The quantitative estimate of drug-likeness (QED) is 0.478. The number of aromatic nitrogens is 2. The molecule has 0 amide bonds. The van der Waals surface area contributed by atoms with E-state index >= 15 is 0 Å². The highest BCUT2D eigenvalue weighted by Gasteiger charge is 2.26. The Hall–Kier alpha value is -2.82. The van der Waals surface area contributed by atoms with E-state index in [-0.39, 0.29) is 6.10 Å². The minimum atomic E-state index is -0.00689. The third-order valence-corrected chi connectivity index (χ3v) is 5.43. The summed E-state index contributed by atoms with van der Waals surface area (Å²) in [6, 6.07) is 14.1. The summed E-state index contributed by atoms with van der Waals surface area (Å²) in [5, 5.41) is 13.7. The summed E-state index contributed by atoms with van der Waals surface area (Å²) in [6.45, 7) is 7.86. The van der Waals surface area contributed by atoms with Crippen LogP contribution in [0.3, 0.4) is 0 Å². The highest BCUT2D eigenvalue weighted by molar-refractivity contribution is 7.96. The predicted octanol–water partition coefficient (Wildman–Crippen LogP) is 5.94. The van der Waals surface area contributed by atoms with Crippen LogP contribution < -0.4 is 9.46 Å². The number of hydrogen-bond donors (Lipinski definition) is 1. The van der Waals surface area contributed by atoms with Crippen LogP contribution in [0.2, 0.25) is 0 Å². The van der Waals surface area contributed by atoms with E-state index in [1.54, 1.807) is 24.1 Å². The van der Waals surface area contributed by atoms with Gasteiger partial charge in [-0.1, -0.05) is 49.2 Å². The van der Waals surface area contributed by atoms with E-state index in [2.05, 4.69) is 27.0 Å². The molecule has 31 heavy (non-hydrogen) atoms. The summed E-state index contributed by atoms with van der Waals surface area (Å²) < 4.78 is 14.7. The van der Waals surface area contributed by atoms with Crippen molar-refractivity contribution in [3.63, 3.8) is 0 Å². The van der Waals surface area contributed by atoms with Gasteiger partial charge in [0, 0.05) is 17.2 Å². The molecule has 0 aliphatic heterocycles. The topological polar surface area (TPSA) is 84.0 Å². The van der Waals surface area contributed by atoms with Crippen LogP contribution in [0.15, 0.2) is 40.9 Å². The molecule has 3 aromatic rings. The standard InChI is InChI=1S/C22H22N4O2S.C2H6/c1-13(2)27-20-10-7-14(11-15(20)12-23)22-24-21(25-28-22)18-6-4-5-17-16(18)8-9-19(17)26-29-3;1-2/h4-7,10-11,13,19,26H,8-9H2,1-3H3;1-2H3. The zero-order valence-corrected chi connectivity index (χ0v) is 19.4. The Morgan fingerprint density at radius 2 is 2.06 bits per heavy atom. The minimum Gasteiger partial charge on any atom is -0.490 e. The van der Waals surface area contributed by atoms with Crippen molar-refractivity contribution in [1.82, 2.24) is 14.9 Å². The van der Waals surface area contributed by atoms with Gasteiger partial charge in [0.1, 0.15) is 11.8 Å². The van der Waals surface area contributed by atoms with Crippen LogP contribution in [-0.4, -0.2) is 22.5 Å². The van der Waals surface area contributed by atoms with Gasteiger partial charge >= 0.3 is 0 Å². The van der Waals surface area contributed by atoms with Crippen molar-refractivity contribution in [1.29, 1.82) is 5.26 Å². The average molecular weight is 437 g/mol. The highest BCUT2D eigenvalue weighted by atomic mass is 32.2. The Bertz CT molecular complexity index is 1070. The smallest absolute Gasteiger partial charge is 0.258 e. The lowest BCUT2D eigenvalue weighted by atomic mass is 10.0. The Balaban J connectivity index is 0.00000132. The first-order valence-corrected chi connectivity index (χ1v) is 11.8. The molecule has 0 saturated carbocycles. The van der Waals surface area contributed by atoms with E-state index in [1.165, 1.54) is 11.1 Å². The SMILES string of the molecule is CC.CSNC1CCc2c(-c3noc(-c4ccc(OC(C)C)c(C#N)c4)n3)cccc21. The molecule has 0 bridgehead atoms. The van der Waals surface area contributed by atoms with Crippen molar-refractivity contribution in [2.75, 3.05) is 6.26 Å². The Kier molecular flexibility index (Phi) is 7.72. The van der Waals surface area contributed by atoms with Crippen molar-refractivity contribution in [2.24, 2.45) is 0 Å². The Morgan fingerprint density at radius 3 is 2.77 bits per heavy atom. The van der Waals surface area contributed by atoms with Crippen LogP contribution in [0, 0.1) is 11.3 Å². The van der Waals surface area contributed by atoms with Gasteiger partial charge < -0.3 is 9.26 Å². The summed E-state index contributed by atoms with van der Waals surface area (Å²) in [6.07, 6.45) is 4.07. The molecule has 1 heterocycles. The van der Waals surface area contributed by atoms with Gasteiger partial charge in [-0.25, -0.2) is 0 Å². The second-order valence-corrected chi connectivity index (χ2v) is 7.84. The number of nitrogens with zero attached hydrogens (tertiary/aromatic N) is 3. The molecule has 162 valence electrons. The molecule has 0 saturated heterocycles. The number of fused-ring (bicyclic) bond motifs is 1. The number of rotatable bonds is 6. The summed E-state index contributed by atoms with van der Waals surface area (Å²) in [5.41, 5.74) is 4.71. The first kappa shape index (κ1) is 22.9. The van der Waals surface area contributed by atoms with Crippen LogP contribution in [0.25, 0.3) is 22.8 Å². The van der Waals surface area contributed by atoms with Gasteiger partial charge in [0.25, 0.3) is 5.89 Å². The molecule has 1 atom stereocenters. The lowest BCUT2D eigenvalue weighted by Crippen LogP contribution is -2.09. The molecule has 1 unspecified atom stereocenters. The molecule has 1 aromatic heterocycles.